The smallest absolute Gasteiger partial charge is 0.308 e. The molecule has 0 N–H and O–H groups in total. The second kappa shape index (κ2) is 14.4. The summed E-state index contributed by atoms with van der Waals surface area (Å²) in [5.74, 6) is 0. The summed E-state index contributed by atoms with van der Waals surface area (Å²) < 4.78 is 49.3. The van der Waals surface area contributed by atoms with Gasteiger partial charge in [-0.2, -0.15) is 34.2 Å². The van der Waals surface area contributed by atoms with Crippen molar-refractivity contribution < 1.29 is 13.2 Å². The van der Waals surface area contributed by atoms with Crippen LogP contribution in [-0.4, -0.2) is 9.13 Å². The zero-order valence-corrected chi connectivity index (χ0v) is 32.4. The van der Waals surface area contributed by atoms with Gasteiger partial charge in [0, 0.05) is 32.7 Å². The Morgan fingerprint density at radius 2 is 0.887 bits per heavy atom. The summed E-state index contributed by atoms with van der Waals surface area (Å²) in [6.45, 7) is 0. The molecule has 6 nitrogen and oxygen atoms in total. The van der Waals surface area contributed by atoms with E-state index in [9.17, 15) is 21.0 Å². The van der Waals surface area contributed by atoms with Crippen LogP contribution in [0.15, 0.2) is 164 Å². The fourth-order valence-electron chi connectivity index (χ4n) is 8.92. The third-order valence-corrected chi connectivity index (χ3v) is 11.6. The molecule has 10 aromatic rings. The van der Waals surface area contributed by atoms with Gasteiger partial charge in [0.05, 0.1) is 73.9 Å². The number of alkyl halides is 3. The summed E-state index contributed by atoms with van der Waals surface area (Å²) in [7, 11) is 0. The van der Waals surface area contributed by atoms with Crippen LogP contribution in [-0.2, 0) is 6.18 Å². The molecule has 2 heterocycles. The lowest BCUT2D eigenvalue weighted by atomic mass is 9.90. The molecule has 0 atom stereocenters. The van der Waals surface area contributed by atoms with Gasteiger partial charge in [-0.1, -0.05) is 109 Å². The largest absolute Gasteiger partial charge is 0.417 e. The van der Waals surface area contributed by atoms with E-state index in [1.807, 2.05) is 124 Å². The third kappa shape index (κ3) is 5.70. The highest BCUT2D eigenvalue weighted by molar-refractivity contribution is 6.13. The van der Waals surface area contributed by atoms with Crippen molar-refractivity contribution in [3.63, 3.8) is 0 Å². The van der Waals surface area contributed by atoms with Crippen molar-refractivity contribution in [3.05, 3.63) is 192 Å². The van der Waals surface area contributed by atoms with E-state index in [1.54, 1.807) is 36.4 Å². The first-order chi connectivity index (χ1) is 30.2. The predicted octanol–water partition coefficient (Wildman–Crippen LogP) is 13.4. The molecule has 2 aromatic heterocycles. The Kier molecular flexibility index (Phi) is 8.70. The second-order valence-electron chi connectivity index (χ2n) is 14.8. The molecule has 0 aliphatic rings. The molecule has 0 fully saturated rings. The van der Waals surface area contributed by atoms with Crippen LogP contribution in [0.5, 0.6) is 0 Å². The first-order valence-corrected chi connectivity index (χ1v) is 19.5. The van der Waals surface area contributed by atoms with Gasteiger partial charge in [-0.15, -0.1) is 0 Å². The van der Waals surface area contributed by atoms with E-state index in [2.05, 4.69) is 18.2 Å². The highest BCUT2D eigenvalue weighted by Crippen LogP contribution is 2.47. The topological polar surface area (TPSA) is 105 Å². The van der Waals surface area contributed by atoms with Crippen LogP contribution >= 0.6 is 0 Å². The quantitative estimate of drug-likeness (QED) is 0.173. The second-order valence-corrected chi connectivity index (χ2v) is 14.8. The van der Waals surface area contributed by atoms with Crippen LogP contribution in [0.3, 0.4) is 0 Å². The summed E-state index contributed by atoms with van der Waals surface area (Å²) in [5, 5.41) is 45.4. The van der Waals surface area contributed by atoms with Gasteiger partial charge in [-0.3, -0.25) is 0 Å². The Labute approximate surface area is 352 Å². The number of nitrogens with zero attached hydrogens (tertiary/aromatic N) is 6. The molecular formula is C53H27F3N6. The minimum absolute atomic E-state index is 0.0321. The zero-order valence-electron chi connectivity index (χ0n) is 32.4. The maximum atomic E-state index is 15.2. The maximum Gasteiger partial charge on any atom is 0.417 e. The number of aromatic nitrogens is 2. The molecule has 0 unspecified atom stereocenters. The number of nitriles is 4. The molecule has 290 valence electrons. The number of fused-ring (bicyclic) bond motifs is 6. The number of hydrogen-bond acceptors (Lipinski definition) is 4. The van der Waals surface area contributed by atoms with Crippen LogP contribution in [0.1, 0.15) is 27.8 Å². The third-order valence-electron chi connectivity index (χ3n) is 11.6. The van der Waals surface area contributed by atoms with Gasteiger partial charge in [0.15, 0.2) is 0 Å². The Bertz CT molecular complexity index is 3690. The van der Waals surface area contributed by atoms with E-state index in [0.29, 0.717) is 44.5 Å². The monoisotopic (exact) mass is 804 g/mol. The summed E-state index contributed by atoms with van der Waals surface area (Å²) >= 11 is 0. The molecule has 8 aromatic carbocycles. The lowest BCUT2D eigenvalue weighted by Crippen LogP contribution is -2.11. The van der Waals surface area contributed by atoms with Gasteiger partial charge < -0.3 is 9.13 Å². The van der Waals surface area contributed by atoms with Crippen molar-refractivity contribution in [2.75, 3.05) is 0 Å². The van der Waals surface area contributed by atoms with Gasteiger partial charge >= 0.3 is 6.18 Å². The number of para-hydroxylation sites is 2. The molecule has 62 heavy (non-hydrogen) atoms. The van der Waals surface area contributed by atoms with Crippen molar-refractivity contribution >= 4 is 43.6 Å². The summed E-state index contributed by atoms with van der Waals surface area (Å²) in [4.78, 5) is 0. The molecule has 0 amide bonds. The van der Waals surface area contributed by atoms with Gasteiger partial charge in [0.25, 0.3) is 0 Å². The van der Waals surface area contributed by atoms with E-state index in [0.717, 1.165) is 44.3 Å². The molecule has 0 saturated carbocycles. The molecule has 0 saturated heterocycles. The fraction of sp³-hybridized carbons (Fsp3) is 0.0189. The van der Waals surface area contributed by atoms with E-state index in [1.165, 1.54) is 12.1 Å². The molecule has 0 bridgehead atoms. The number of hydrogen-bond donors (Lipinski definition) is 0. The van der Waals surface area contributed by atoms with Gasteiger partial charge in [0.1, 0.15) is 11.6 Å². The van der Waals surface area contributed by atoms with Gasteiger partial charge in [0.2, 0.25) is 0 Å². The minimum atomic E-state index is -4.86. The van der Waals surface area contributed by atoms with E-state index in [4.69, 9.17) is 0 Å². The molecule has 0 aliphatic carbocycles. The molecule has 10 rings (SSSR count). The molecule has 9 heteroatoms. The predicted molar refractivity (Wildman–Crippen MR) is 235 cm³/mol. The highest BCUT2D eigenvalue weighted by atomic mass is 19.4. The first-order valence-electron chi connectivity index (χ1n) is 19.5. The standard InChI is InChI=1S/C53H27F3N6/c54-53(55,56)45-17-9-12-36(30-59)51(45)43-24-25-48(61-46-18-7-5-15-39(46)41-22-20-32(26-49(41)61)37-13-3-1-10-34(37)28-57)44(31-60)52(43)62-47-19-8-6-16-40(47)42-23-21-33(27-50(42)62)38-14-4-2-11-35(38)29-58/h1-27H. The zero-order chi connectivity index (χ0) is 42.7. The average Bonchev–Trinajstić information content (AvgIpc) is 3.82. The van der Waals surface area contributed by atoms with Crippen molar-refractivity contribution in [1.29, 1.82) is 21.0 Å². The Balaban J connectivity index is 1.39. The van der Waals surface area contributed by atoms with Crippen LogP contribution < -0.4 is 0 Å². The summed E-state index contributed by atoms with van der Waals surface area (Å²) in [6, 6.07) is 57.0. The number of rotatable bonds is 5. The number of benzene rings is 8. The van der Waals surface area contributed by atoms with Crippen molar-refractivity contribution in [2.45, 2.75) is 6.18 Å². The van der Waals surface area contributed by atoms with Crippen LogP contribution in [0.25, 0.3) is 88.4 Å². The van der Waals surface area contributed by atoms with E-state index in [-0.39, 0.29) is 27.9 Å². The Morgan fingerprint density at radius 3 is 1.44 bits per heavy atom. The minimum Gasteiger partial charge on any atom is -0.308 e. The molecule has 0 radical (unpaired) electrons. The number of halogens is 3. The first kappa shape index (κ1) is 37.4. The molecule has 0 aliphatic heterocycles. The summed E-state index contributed by atoms with van der Waals surface area (Å²) in [6.07, 6.45) is -4.86. The van der Waals surface area contributed by atoms with Gasteiger partial charge in [-0.05, 0) is 76.9 Å². The Morgan fingerprint density at radius 1 is 0.403 bits per heavy atom. The molecular weight excluding hydrogens is 778 g/mol. The van der Waals surface area contributed by atoms with E-state index < -0.39 is 11.7 Å². The Hall–Kier alpha value is -8.89. The SMILES string of the molecule is N#Cc1ccccc1-c1ccc2c3ccccc3n(-c3ccc(-c4c(C#N)cccc4C(F)(F)F)c(-n4c5ccccc5c5ccc(-c6ccccc6C#N)cc54)c3C#N)c2c1. The van der Waals surface area contributed by atoms with Crippen LogP contribution in [0.2, 0.25) is 0 Å². The van der Waals surface area contributed by atoms with Gasteiger partial charge in [-0.25, -0.2) is 0 Å². The lowest BCUT2D eigenvalue weighted by Gasteiger charge is -2.22. The fourth-order valence-corrected chi connectivity index (χ4v) is 8.92. The van der Waals surface area contributed by atoms with Crippen molar-refractivity contribution in [1.82, 2.24) is 9.13 Å². The van der Waals surface area contributed by atoms with Crippen molar-refractivity contribution in [2.24, 2.45) is 0 Å². The van der Waals surface area contributed by atoms with E-state index >= 15 is 13.2 Å². The highest BCUT2D eigenvalue weighted by Gasteiger charge is 2.36. The maximum absolute atomic E-state index is 15.2. The van der Waals surface area contributed by atoms with Crippen LogP contribution in [0.4, 0.5) is 13.2 Å². The van der Waals surface area contributed by atoms with Crippen molar-refractivity contribution in [3.8, 4) is 69.0 Å². The van der Waals surface area contributed by atoms with Crippen LogP contribution in [0, 0.1) is 45.3 Å². The summed E-state index contributed by atoms with van der Waals surface area (Å²) in [5.41, 5.74) is 5.45. The average molecular weight is 805 g/mol. The lowest BCUT2D eigenvalue weighted by molar-refractivity contribution is -0.137. The molecule has 0 spiro atoms. The normalized spacial score (nSPS) is 11.4.